The van der Waals surface area contributed by atoms with Gasteiger partial charge in [-0.05, 0) is 27.8 Å². The van der Waals surface area contributed by atoms with E-state index in [1.54, 1.807) is 0 Å². The van der Waals surface area contributed by atoms with Crippen LogP contribution in [0.2, 0.25) is 0 Å². The van der Waals surface area contributed by atoms with Gasteiger partial charge in [0.1, 0.15) is 0 Å². The third-order valence-electron chi connectivity index (χ3n) is 6.29. The Kier molecular flexibility index (Phi) is 3.58. The van der Waals surface area contributed by atoms with Gasteiger partial charge < -0.3 is 0 Å². The second kappa shape index (κ2) is 5.96. The predicted molar refractivity (Wildman–Crippen MR) is 114 cm³/mol. The van der Waals surface area contributed by atoms with Crippen molar-refractivity contribution in [2.24, 2.45) is 0 Å². The summed E-state index contributed by atoms with van der Waals surface area (Å²) in [4.78, 5) is 0. The minimum Gasteiger partial charge on any atom is -0.0758 e. The number of hydrogen-bond acceptors (Lipinski definition) is 0. The molecule has 0 spiro atoms. The Hall–Kier alpha value is -2.64. The van der Waals surface area contributed by atoms with Gasteiger partial charge in [0.15, 0.2) is 0 Å². The first-order chi connectivity index (χ1) is 12.8. The van der Waals surface area contributed by atoms with Crippen LogP contribution in [0.4, 0.5) is 0 Å². The third kappa shape index (κ3) is 2.20. The molecule has 26 heavy (non-hydrogen) atoms. The van der Waals surface area contributed by atoms with Crippen LogP contribution in [-0.4, -0.2) is 10.2 Å². The molecule has 3 aromatic carbocycles. The summed E-state index contributed by atoms with van der Waals surface area (Å²) in [6.45, 7) is 0. The predicted octanol–water partition coefficient (Wildman–Crippen LogP) is 4.87. The van der Waals surface area contributed by atoms with Crippen LogP contribution in [0.3, 0.4) is 0 Å². The summed E-state index contributed by atoms with van der Waals surface area (Å²) >= 11 is 0. The van der Waals surface area contributed by atoms with Gasteiger partial charge in [-0.3, -0.25) is 0 Å². The lowest BCUT2D eigenvalue weighted by atomic mass is 9.71. The monoisotopic (exact) mass is 350 g/mol. The van der Waals surface area contributed by atoms with Crippen LogP contribution in [0.5, 0.6) is 0 Å². The molecule has 0 nitrogen and oxygen atoms in total. The first-order valence-corrected chi connectivity index (χ1v) is 10.4. The summed E-state index contributed by atoms with van der Waals surface area (Å²) in [6.07, 6.45) is 9.53. The molecule has 3 aromatic rings. The van der Waals surface area contributed by atoms with Crippen LogP contribution >= 0.6 is 0 Å². The Bertz CT molecular complexity index is 952. The molecule has 0 saturated heterocycles. The van der Waals surface area contributed by atoms with E-state index >= 15 is 0 Å². The zero-order chi connectivity index (χ0) is 17.6. The van der Waals surface area contributed by atoms with Crippen molar-refractivity contribution in [3.63, 3.8) is 0 Å². The van der Waals surface area contributed by atoms with E-state index < -0.39 is 0 Å². The molecule has 0 N–H and O–H groups in total. The van der Waals surface area contributed by atoms with E-state index in [0.29, 0.717) is 11.8 Å². The summed E-state index contributed by atoms with van der Waals surface area (Å²) in [5, 5.41) is 0.105. The van der Waals surface area contributed by atoms with E-state index in [1.165, 1.54) is 27.8 Å². The number of allylic oxidation sites excluding steroid dienone is 2. The van der Waals surface area contributed by atoms with Crippen molar-refractivity contribution in [1.82, 2.24) is 0 Å². The molecule has 0 radical (unpaired) electrons. The van der Waals surface area contributed by atoms with Crippen LogP contribution < -0.4 is 0 Å². The van der Waals surface area contributed by atoms with Crippen LogP contribution in [0.1, 0.15) is 39.7 Å². The highest BCUT2D eigenvalue weighted by atomic mass is 28.1. The topological polar surface area (TPSA) is 0 Å². The smallest absolute Gasteiger partial charge is 0.0186 e. The average Bonchev–Trinajstić information content (AvgIpc) is 3.33. The molecule has 2 unspecified atom stereocenters. The van der Waals surface area contributed by atoms with Gasteiger partial charge in [-0.15, -0.1) is 0 Å². The molecule has 0 heterocycles. The third-order valence-corrected chi connectivity index (χ3v) is 8.11. The molecule has 5 rings (SSSR count). The van der Waals surface area contributed by atoms with Crippen LogP contribution in [0, 0.1) is 0 Å². The van der Waals surface area contributed by atoms with Gasteiger partial charge in [-0.1, -0.05) is 103 Å². The lowest BCUT2D eigenvalue weighted by Crippen LogP contribution is -2.38. The Labute approximate surface area is 158 Å². The largest absolute Gasteiger partial charge is 0.0758 e. The maximum Gasteiger partial charge on any atom is 0.0186 e. The first-order valence-electron chi connectivity index (χ1n) is 9.38. The quantitative estimate of drug-likeness (QED) is 0.591. The Balaban J connectivity index is 1.72. The Morgan fingerprint density at radius 1 is 0.577 bits per heavy atom. The number of fused-ring (bicyclic) bond motifs is 2. The molecular weight excluding hydrogens is 328 g/mol. The summed E-state index contributed by atoms with van der Waals surface area (Å²) in [5.74, 6) is 0.849. The molecule has 0 bridgehead atoms. The maximum absolute atomic E-state index is 2.44. The lowest BCUT2D eigenvalue weighted by molar-refractivity contribution is 0.501. The molecule has 0 aromatic heterocycles. The van der Waals surface area contributed by atoms with Crippen molar-refractivity contribution in [3.8, 4) is 0 Å². The van der Waals surface area contributed by atoms with Crippen molar-refractivity contribution < 1.29 is 0 Å². The fraction of sp³-hybridized carbons (Fsp3) is 0.120. The molecule has 0 aliphatic heterocycles. The van der Waals surface area contributed by atoms with Gasteiger partial charge in [0.25, 0.3) is 0 Å². The van der Waals surface area contributed by atoms with E-state index in [2.05, 4.69) is 103 Å². The van der Waals surface area contributed by atoms with E-state index in [-0.39, 0.29) is 5.04 Å². The maximum atomic E-state index is 2.44. The van der Waals surface area contributed by atoms with Crippen molar-refractivity contribution >= 4 is 22.4 Å². The molecule has 2 aliphatic rings. The molecule has 0 fully saturated rings. The number of benzene rings is 3. The highest BCUT2D eigenvalue weighted by molar-refractivity contribution is 6.18. The molecular formula is C25H22Si. The van der Waals surface area contributed by atoms with Crippen molar-refractivity contribution in [3.05, 3.63) is 119 Å². The summed E-state index contributed by atoms with van der Waals surface area (Å²) < 4.78 is 0. The first kappa shape index (κ1) is 15.6. The van der Waals surface area contributed by atoms with Crippen LogP contribution in [-0.2, 0) is 5.04 Å². The second-order valence-corrected chi connectivity index (χ2v) is 9.23. The molecule has 0 saturated carbocycles. The van der Waals surface area contributed by atoms with Crippen molar-refractivity contribution in [2.45, 2.75) is 16.9 Å². The fourth-order valence-corrected chi connectivity index (χ4v) is 6.23. The number of rotatable bonds is 3. The van der Waals surface area contributed by atoms with Gasteiger partial charge in [-0.25, -0.2) is 0 Å². The lowest BCUT2D eigenvalue weighted by Gasteiger charge is -2.41. The van der Waals surface area contributed by atoms with Gasteiger partial charge in [0, 0.05) is 27.1 Å². The molecule has 0 amide bonds. The molecule has 1 heteroatoms. The Morgan fingerprint density at radius 2 is 1.04 bits per heavy atom. The highest BCUT2D eigenvalue weighted by Gasteiger charge is 2.45. The van der Waals surface area contributed by atoms with Gasteiger partial charge in [0.2, 0.25) is 0 Å². The van der Waals surface area contributed by atoms with E-state index in [9.17, 15) is 0 Å². The zero-order valence-corrected chi connectivity index (χ0v) is 17.0. The highest BCUT2D eigenvalue weighted by Crippen LogP contribution is 2.53. The number of hydrogen-bond donors (Lipinski definition) is 0. The van der Waals surface area contributed by atoms with Gasteiger partial charge >= 0.3 is 0 Å². The Morgan fingerprint density at radius 3 is 1.58 bits per heavy atom. The van der Waals surface area contributed by atoms with Crippen molar-refractivity contribution in [2.75, 3.05) is 0 Å². The van der Waals surface area contributed by atoms with E-state index in [4.69, 9.17) is 0 Å². The minimum atomic E-state index is 0.105. The SMILES string of the molecule is [SiH3]C(c1ccccc1)(C1C=Cc2ccccc21)C1C=Cc2ccccc21. The fourth-order valence-electron chi connectivity index (χ4n) is 4.89. The van der Waals surface area contributed by atoms with Crippen molar-refractivity contribution in [1.29, 1.82) is 0 Å². The summed E-state index contributed by atoms with van der Waals surface area (Å²) in [5.41, 5.74) is 7.17. The molecule has 2 atom stereocenters. The summed E-state index contributed by atoms with van der Waals surface area (Å²) in [7, 11) is 1.08. The van der Waals surface area contributed by atoms with Crippen LogP contribution in [0.25, 0.3) is 12.2 Å². The molecule has 126 valence electrons. The second-order valence-electron chi connectivity index (χ2n) is 7.58. The van der Waals surface area contributed by atoms with Gasteiger partial charge in [-0.2, -0.15) is 0 Å². The van der Waals surface area contributed by atoms with E-state index in [1.807, 2.05) is 0 Å². The average molecular weight is 351 g/mol. The van der Waals surface area contributed by atoms with E-state index in [0.717, 1.165) is 10.2 Å². The normalized spacial score (nSPS) is 22.2. The van der Waals surface area contributed by atoms with Gasteiger partial charge in [0.05, 0.1) is 0 Å². The zero-order valence-electron chi connectivity index (χ0n) is 15.0. The van der Waals surface area contributed by atoms with Crippen LogP contribution in [0.15, 0.2) is 91.0 Å². The summed E-state index contributed by atoms with van der Waals surface area (Å²) in [6, 6.07) is 29.0. The minimum absolute atomic E-state index is 0.105. The standard InChI is InChI=1S/C25H22Si/c26-25(20-10-2-1-3-11-20,23-16-14-18-8-4-6-12-21(18)23)24-17-15-19-9-5-7-13-22(19)24/h1-17,23-24H,26H3. The molecule has 2 aliphatic carbocycles.